The standard InChI is InChI=1S/C18H11N.C10H8N2.Ir/c1-2-8-14(9-3-1)19-17-12-6-4-10-15(17)16-11-5-7-13-18(16)19;1-3-7-11-9(5-1)10-6-2-4-8-12-10;/h1-9,12-13H;1-8H;/q-2;;. The Morgan fingerprint density at radius 2 is 1.03 bits per heavy atom. The smallest absolute Gasteiger partial charge is 0.0886 e. The van der Waals surface area contributed by atoms with Crippen molar-refractivity contribution < 1.29 is 20.1 Å². The number of fused-ring (bicyclic) bond motifs is 3. The summed E-state index contributed by atoms with van der Waals surface area (Å²) in [4.78, 5) is 8.37. The second-order valence-corrected chi connectivity index (χ2v) is 6.96. The first-order valence-corrected chi connectivity index (χ1v) is 10.1. The van der Waals surface area contributed by atoms with E-state index < -0.39 is 0 Å². The summed E-state index contributed by atoms with van der Waals surface area (Å²) >= 11 is 0. The van der Waals surface area contributed by atoms with E-state index in [9.17, 15) is 0 Å². The van der Waals surface area contributed by atoms with Crippen LogP contribution >= 0.6 is 0 Å². The van der Waals surface area contributed by atoms with Crippen molar-refractivity contribution in [1.29, 1.82) is 0 Å². The van der Waals surface area contributed by atoms with Crippen LogP contribution in [0.4, 0.5) is 0 Å². The SMILES string of the molecule is [Ir].[c-]1cccc2c1c1[c-]cccc1n2-c1ccccc1.c1ccc(-c2ccccn2)nc1. The number of para-hydroxylation sites is 1. The Morgan fingerprint density at radius 3 is 1.50 bits per heavy atom. The van der Waals surface area contributed by atoms with Gasteiger partial charge in [0.1, 0.15) is 0 Å². The minimum atomic E-state index is 0. The summed E-state index contributed by atoms with van der Waals surface area (Å²) in [6.07, 6.45) is 3.54. The third-order valence-corrected chi connectivity index (χ3v) is 5.01. The van der Waals surface area contributed by atoms with Gasteiger partial charge in [0.2, 0.25) is 0 Å². The molecule has 0 atom stereocenters. The number of hydrogen-bond acceptors (Lipinski definition) is 2. The van der Waals surface area contributed by atoms with Gasteiger partial charge in [0.15, 0.2) is 0 Å². The Balaban J connectivity index is 0.000000164. The maximum absolute atomic E-state index is 4.19. The quantitative estimate of drug-likeness (QED) is 0.215. The van der Waals surface area contributed by atoms with Gasteiger partial charge in [0.05, 0.1) is 11.4 Å². The first-order valence-electron chi connectivity index (χ1n) is 10.1. The van der Waals surface area contributed by atoms with Crippen LogP contribution in [0, 0.1) is 12.1 Å². The maximum atomic E-state index is 4.19. The third-order valence-electron chi connectivity index (χ3n) is 5.01. The fourth-order valence-electron chi connectivity index (χ4n) is 3.64. The molecule has 3 aromatic heterocycles. The summed E-state index contributed by atoms with van der Waals surface area (Å²) in [7, 11) is 0. The zero-order valence-electron chi connectivity index (χ0n) is 17.1. The summed E-state index contributed by atoms with van der Waals surface area (Å²) in [5, 5.41) is 2.25. The summed E-state index contributed by atoms with van der Waals surface area (Å²) in [6, 6.07) is 40.9. The summed E-state index contributed by atoms with van der Waals surface area (Å²) < 4.78 is 2.26. The topological polar surface area (TPSA) is 30.7 Å². The molecule has 157 valence electrons. The molecule has 6 rings (SSSR count). The number of pyridine rings is 2. The van der Waals surface area contributed by atoms with Crippen molar-refractivity contribution in [2.75, 3.05) is 0 Å². The van der Waals surface area contributed by atoms with Crippen LogP contribution in [0.25, 0.3) is 38.9 Å². The van der Waals surface area contributed by atoms with Crippen molar-refractivity contribution in [3.05, 3.63) is 128 Å². The monoisotopic (exact) mass is 590 g/mol. The van der Waals surface area contributed by atoms with Gasteiger partial charge in [-0.3, -0.25) is 9.97 Å². The average Bonchev–Trinajstić information content (AvgIpc) is 3.21. The molecule has 0 spiro atoms. The van der Waals surface area contributed by atoms with Gasteiger partial charge in [-0.25, -0.2) is 10.8 Å². The van der Waals surface area contributed by atoms with Crippen molar-refractivity contribution in [2.45, 2.75) is 0 Å². The molecular formula is C28H19IrN3-2. The van der Waals surface area contributed by atoms with E-state index >= 15 is 0 Å². The Bertz CT molecular complexity index is 1320. The third kappa shape index (κ3) is 4.38. The first-order chi connectivity index (χ1) is 15.4. The van der Waals surface area contributed by atoms with E-state index in [1.807, 2.05) is 66.7 Å². The zero-order chi connectivity index (χ0) is 20.9. The second-order valence-electron chi connectivity index (χ2n) is 6.96. The van der Waals surface area contributed by atoms with E-state index in [1.165, 1.54) is 16.7 Å². The van der Waals surface area contributed by atoms with Crippen molar-refractivity contribution in [3.63, 3.8) is 0 Å². The van der Waals surface area contributed by atoms with Gasteiger partial charge in [-0.05, 0) is 36.4 Å². The molecule has 0 fully saturated rings. The van der Waals surface area contributed by atoms with Crippen LogP contribution < -0.4 is 0 Å². The van der Waals surface area contributed by atoms with E-state index in [4.69, 9.17) is 0 Å². The van der Waals surface area contributed by atoms with Crippen LogP contribution in [-0.2, 0) is 20.1 Å². The van der Waals surface area contributed by atoms with Gasteiger partial charge >= 0.3 is 0 Å². The molecule has 4 heteroatoms. The summed E-state index contributed by atoms with van der Waals surface area (Å²) in [5.74, 6) is 0. The van der Waals surface area contributed by atoms with E-state index in [2.05, 4.69) is 63.1 Å². The predicted octanol–water partition coefficient (Wildman–Crippen LogP) is 6.53. The van der Waals surface area contributed by atoms with E-state index in [0.29, 0.717) is 0 Å². The minimum Gasteiger partial charge on any atom is -0.409 e. The number of hydrogen-bond donors (Lipinski definition) is 0. The van der Waals surface area contributed by atoms with Crippen molar-refractivity contribution >= 4 is 21.8 Å². The van der Waals surface area contributed by atoms with Gasteiger partial charge in [-0.1, -0.05) is 41.4 Å². The molecule has 0 saturated carbocycles. The summed E-state index contributed by atoms with van der Waals surface area (Å²) in [6.45, 7) is 0. The molecule has 0 unspecified atom stereocenters. The van der Waals surface area contributed by atoms with Crippen LogP contribution in [0.2, 0.25) is 0 Å². The van der Waals surface area contributed by atoms with Crippen molar-refractivity contribution in [2.24, 2.45) is 0 Å². The van der Waals surface area contributed by atoms with Gasteiger partial charge in [0, 0.05) is 38.2 Å². The number of benzene rings is 3. The zero-order valence-corrected chi connectivity index (χ0v) is 19.5. The molecule has 0 saturated heterocycles. The number of rotatable bonds is 2. The molecule has 32 heavy (non-hydrogen) atoms. The van der Waals surface area contributed by atoms with Crippen molar-refractivity contribution in [3.8, 4) is 17.1 Å². The molecule has 3 nitrogen and oxygen atoms in total. The Kier molecular flexibility index (Phi) is 6.86. The molecule has 0 N–H and O–H groups in total. The molecule has 0 bridgehead atoms. The minimum absolute atomic E-state index is 0. The van der Waals surface area contributed by atoms with Crippen LogP contribution in [0.5, 0.6) is 0 Å². The van der Waals surface area contributed by atoms with Gasteiger partial charge < -0.3 is 4.57 Å². The van der Waals surface area contributed by atoms with Crippen LogP contribution in [0.1, 0.15) is 0 Å². The predicted molar refractivity (Wildman–Crippen MR) is 126 cm³/mol. The fourth-order valence-corrected chi connectivity index (χ4v) is 3.64. The second kappa shape index (κ2) is 10.1. The number of aromatic nitrogens is 3. The molecule has 1 radical (unpaired) electrons. The van der Waals surface area contributed by atoms with Crippen molar-refractivity contribution in [1.82, 2.24) is 14.5 Å². The van der Waals surface area contributed by atoms with Crippen LogP contribution in [-0.4, -0.2) is 14.5 Å². The molecule has 6 aromatic rings. The van der Waals surface area contributed by atoms with Gasteiger partial charge in [-0.2, -0.15) is 24.3 Å². The van der Waals surface area contributed by atoms with E-state index in [0.717, 1.165) is 22.2 Å². The van der Waals surface area contributed by atoms with Crippen LogP contribution in [0.3, 0.4) is 0 Å². The molecule has 0 aliphatic carbocycles. The average molecular weight is 590 g/mol. The van der Waals surface area contributed by atoms with Gasteiger partial charge in [-0.15, -0.1) is 24.3 Å². The molecule has 0 aliphatic heterocycles. The Morgan fingerprint density at radius 1 is 0.531 bits per heavy atom. The Hall–Kier alpha value is -3.59. The van der Waals surface area contributed by atoms with Gasteiger partial charge in [0.25, 0.3) is 0 Å². The molecule has 3 aromatic carbocycles. The van der Waals surface area contributed by atoms with E-state index in [-0.39, 0.29) is 20.1 Å². The molecule has 3 heterocycles. The number of nitrogens with zero attached hydrogens (tertiary/aromatic N) is 3. The molecular weight excluding hydrogens is 571 g/mol. The van der Waals surface area contributed by atoms with Crippen LogP contribution in [0.15, 0.2) is 116 Å². The van der Waals surface area contributed by atoms with E-state index in [1.54, 1.807) is 12.4 Å². The largest absolute Gasteiger partial charge is 0.409 e. The maximum Gasteiger partial charge on any atom is 0.0886 e. The molecule has 0 aliphatic rings. The molecule has 0 amide bonds. The fraction of sp³-hybridized carbons (Fsp3) is 0. The normalized spacial score (nSPS) is 10.2. The summed E-state index contributed by atoms with van der Waals surface area (Å²) in [5.41, 5.74) is 5.34. The Labute approximate surface area is 200 Å². The first kappa shape index (κ1) is 21.6.